The lowest BCUT2D eigenvalue weighted by Crippen LogP contribution is -2.37. The predicted octanol–water partition coefficient (Wildman–Crippen LogP) is 3.75. The van der Waals surface area contributed by atoms with Crippen LogP contribution in [-0.4, -0.2) is 76.9 Å². The zero-order valence-electron chi connectivity index (χ0n) is 21.3. The Balaban J connectivity index is 1.31. The maximum atomic E-state index is 14.1. The zero-order chi connectivity index (χ0) is 26.0. The number of para-hydroxylation sites is 1. The van der Waals surface area contributed by atoms with Gasteiger partial charge < -0.3 is 25.4 Å². The number of nitrogens with one attached hydrogen (secondary N) is 2. The van der Waals surface area contributed by atoms with Crippen molar-refractivity contribution in [3.05, 3.63) is 53.7 Å². The number of aromatic nitrogens is 3. The third kappa shape index (κ3) is 7.33. The molecule has 0 aliphatic carbocycles. The summed E-state index contributed by atoms with van der Waals surface area (Å²) in [4.78, 5) is 27.2. The number of carboxylic acids is 1. The Morgan fingerprint density at radius 1 is 1.22 bits per heavy atom. The van der Waals surface area contributed by atoms with Crippen LogP contribution >= 0.6 is 0 Å². The number of nitrogens with zero attached hydrogens (tertiary/aromatic N) is 4. The summed E-state index contributed by atoms with van der Waals surface area (Å²) in [5, 5.41) is 16.7. The monoisotopic (exact) mass is 510 g/mol. The summed E-state index contributed by atoms with van der Waals surface area (Å²) in [5.74, 6) is -0.117. The molecule has 0 saturated carbocycles. The van der Waals surface area contributed by atoms with Crippen LogP contribution in [0.25, 0.3) is 10.9 Å². The fourth-order valence-electron chi connectivity index (χ4n) is 4.61. The Morgan fingerprint density at radius 3 is 2.95 bits per heavy atom. The van der Waals surface area contributed by atoms with Gasteiger partial charge in [0.25, 0.3) is 0 Å². The number of carboxylic acid groups (broad SMARTS) is 1. The van der Waals surface area contributed by atoms with E-state index in [4.69, 9.17) is 9.72 Å². The van der Waals surface area contributed by atoms with Crippen molar-refractivity contribution >= 4 is 28.5 Å². The van der Waals surface area contributed by atoms with Gasteiger partial charge in [0.15, 0.2) is 0 Å². The number of halogens is 1. The molecule has 1 aliphatic heterocycles. The van der Waals surface area contributed by atoms with Crippen LogP contribution < -0.4 is 10.6 Å². The van der Waals surface area contributed by atoms with Crippen LogP contribution in [0.1, 0.15) is 36.9 Å². The smallest absolute Gasteiger partial charge is 0.326 e. The number of aryl methyl sites for hydroxylation is 2. The Bertz CT molecular complexity index is 1190. The fraction of sp³-hybridized carbons (Fsp3) is 0.481. The summed E-state index contributed by atoms with van der Waals surface area (Å²) < 4.78 is 19.4. The van der Waals surface area contributed by atoms with Gasteiger partial charge in [-0.3, -0.25) is 0 Å². The van der Waals surface area contributed by atoms with Gasteiger partial charge in [-0.05, 0) is 68.8 Å². The Hall–Kier alpha value is -3.37. The molecule has 0 radical (unpaired) electrons. The molecule has 1 aliphatic rings. The van der Waals surface area contributed by atoms with Gasteiger partial charge in [-0.1, -0.05) is 12.1 Å². The maximum Gasteiger partial charge on any atom is 0.326 e. The lowest BCUT2D eigenvalue weighted by Gasteiger charge is -2.24. The van der Waals surface area contributed by atoms with Gasteiger partial charge in [0.1, 0.15) is 35.3 Å². The predicted molar refractivity (Wildman–Crippen MR) is 141 cm³/mol. The number of fused-ring (bicyclic) bond motifs is 2. The highest BCUT2D eigenvalue weighted by atomic mass is 19.1. The SMILES string of the molecule is COCCN(CCCCc1ccc2c(n1)NCCC2)CC[C@H](Nc1ncnc2c(F)cccc12)C(=O)O. The molecule has 0 amide bonds. The van der Waals surface area contributed by atoms with E-state index in [-0.39, 0.29) is 5.52 Å². The molecular weight excluding hydrogens is 475 g/mol. The van der Waals surface area contributed by atoms with E-state index < -0.39 is 17.8 Å². The van der Waals surface area contributed by atoms with Crippen LogP contribution in [0.5, 0.6) is 0 Å². The number of unbranched alkanes of at least 4 members (excludes halogenated alkanes) is 1. The minimum Gasteiger partial charge on any atom is -0.480 e. The zero-order valence-corrected chi connectivity index (χ0v) is 21.3. The Labute approximate surface area is 216 Å². The summed E-state index contributed by atoms with van der Waals surface area (Å²) >= 11 is 0. The second kappa shape index (κ2) is 13.3. The number of hydrogen-bond donors (Lipinski definition) is 3. The first kappa shape index (κ1) is 26.7. The van der Waals surface area contributed by atoms with E-state index in [1.54, 1.807) is 19.2 Å². The van der Waals surface area contributed by atoms with Crippen LogP contribution in [0.3, 0.4) is 0 Å². The first-order valence-electron chi connectivity index (χ1n) is 12.9. The molecule has 0 spiro atoms. The molecule has 4 rings (SSSR count). The Kier molecular flexibility index (Phi) is 9.56. The number of carbonyl (C=O) groups is 1. The average molecular weight is 511 g/mol. The van der Waals surface area contributed by atoms with E-state index in [0.29, 0.717) is 37.3 Å². The number of aliphatic carboxylic acids is 1. The first-order valence-corrected chi connectivity index (χ1v) is 12.9. The lowest BCUT2D eigenvalue weighted by atomic mass is 10.1. The third-order valence-electron chi connectivity index (χ3n) is 6.68. The first-order chi connectivity index (χ1) is 18.0. The fourth-order valence-corrected chi connectivity index (χ4v) is 4.61. The molecular formula is C27H35FN6O3. The largest absolute Gasteiger partial charge is 0.480 e. The number of hydrogen-bond acceptors (Lipinski definition) is 8. The number of rotatable bonds is 14. The van der Waals surface area contributed by atoms with E-state index in [0.717, 1.165) is 56.7 Å². The molecule has 198 valence electrons. The molecule has 0 unspecified atom stereocenters. The highest BCUT2D eigenvalue weighted by Crippen LogP contribution is 2.23. The molecule has 1 aromatic carbocycles. The highest BCUT2D eigenvalue weighted by Gasteiger charge is 2.21. The number of ether oxygens (including phenoxy) is 1. The van der Waals surface area contributed by atoms with Crippen molar-refractivity contribution in [2.24, 2.45) is 0 Å². The minimum absolute atomic E-state index is 0.162. The number of anilines is 2. The van der Waals surface area contributed by atoms with Gasteiger partial charge in [-0.2, -0.15) is 0 Å². The van der Waals surface area contributed by atoms with E-state index in [1.165, 1.54) is 18.0 Å². The minimum atomic E-state index is -0.984. The number of pyridine rings is 1. The van der Waals surface area contributed by atoms with Crippen molar-refractivity contribution < 1.29 is 19.0 Å². The van der Waals surface area contributed by atoms with Crippen molar-refractivity contribution in [1.29, 1.82) is 0 Å². The van der Waals surface area contributed by atoms with Gasteiger partial charge in [0, 0.05) is 37.8 Å². The van der Waals surface area contributed by atoms with Gasteiger partial charge in [0.05, 0.1) is 6.61 Å². The molecule has 3 N–H and O–H groups in total. The normalized spacial score (nSPS) is 13.8. The summed E-state index contributed by atoms with van der Waals surface area (Å²) in [5.41, 5.74) is 2.55. The summed E-state index contributed by atoms with van der Waals surface area (Å²) in [6.07, 6.45) is 6.70. The molecule has 1 atom stereocenters. The Morgan fingerprint density at radius 2 is 2.11 bits per heavy atom. The van der Waals surface area contributed by atoms with Gasteiger partial charge in [-0.25, -0.2) is 24.1 Å². The van der Waals surface area contributed by atoms with Crippen LogP contribution in [0.4, 0.5) is 16.0 Å². The van der Waals surface area contributed by atoms with E-state index in [1.807, 2.05) is 0 Å². The summed E-state index contributed by atoms with van der Waals surface area (Å²) in [6, 6.07) is 7.99. The molecule has 3 heterocycles. The third-order valence-corrected chi connectivity index (χ3v) is 6.68. The quantitative estimate of drug-likeness (QED) is 0.279. The summed E-state index contributed by atoms with van der Waals surface area (Å²) in [6.45, 7) is 3.67. The molecule has 9 nitrogen and oxygen atoms in total. The molecule has 10 heteroatoms. The maximum absolute atomic E-state index is 14.1. The topological polar surface area (TPSA) is 113 Å². The van der Waals surface area contributed by atoms with Crippen LogP contribution in [0.15, 0.2) is 36.7 Å². The van der Waals surface area contributed by atoms with Crippen LogP contribution in [-0.2, 0) is 22.4 Å². The van der Waals surface area contributed by atoms with Crippen molar-refractivity contribution in [1.82, 2.24) is 19.9 Å². The molecule has 3 aromatic rings. The summed E-state index contributed by atoms with van der Waals surface area (Å²) in [7, 11) is 1.66. The molecule has 0 bridgehead atoms. The van der Waals surface area contributed by atoms with Gasteiger partial charge in [-0.15, -0.1) is 0 Å². The number of benzene rings is 1. The van der Waals surface area contributed by atoms with Crippen molar-refractivity contribution in [2.75, 3.05) is 50.5 Å². The molecule has 37 heavy (non-hydrogen) atoms. The number of methoxy groups -OCH3 is 1. The van der Waals surface area contributed by atoms with Gasteiger partial charge in [0.2, 0.25) is 0 Å². The lowest BCUT2D eigenvalue weighted by molar-refractivity contribution is -0.138. The molecule has 2 aromatic heterocycles. The van der Waals surface area contributed by atoms with Crippen molar-refractivity contribution in [3.63, 3.8) is 0 Å². The average Bonchev–Trinajstić information content (AvgIpc) is 2.91. The van der Waals surface area contributed by atoms with Crippen molar-refractivity contribution in [2.45, 2.75) is 44.6 Å². The van der Waals surface area contributed by atoms with E-state index in [2.05, 4.69) is 37.6 Å². The van der Waals surface area contributed by atoms with Crippen LogP contribution in [0, 0.1) is 5.82 Å². The van der Waals surface area contributed by atoms with Gasteiger partial charge >= 0.3 is 5.97 Å². The molecule has 0 fully saturated rings. The van der Waals surface area contributed by atoms with Crippen LogP contribution in [0.2, 0.25) is 0 Å². The molecule has 0 saturated heterocycles. The highest BCUT2D eigenvalue weighted by molar-refractivity contribution is 5.90. The van der Waals surface area contributed by atoms with E-state index in [9.17, 15) is 14.3 Å². The second-order valence-electron chi connectivity index (χ2n) is 9.31. The van der Waals surface area contributed by atoms with E-state index >= 15 is 0 Å². The second-order valence-corrected chi connectivity index (χ2v) is 9.31. The van der Waals surface area contributed by atoms with Crippen molar-refractivity contribution in [3.8, 4) is 0 Å². The standard InChI is InChI=1S/C27H35FN6O3/c1-37-17-16-34(14-3-2-7-20-11-10-19-6-5-13-29-25(19)32-20)15-12-23(27(35)36)33-26-21-8-4-9-22(28)24(21)30-18-31-26/h4,8-11,18,23H,2-3,5-7,12-17H2,1H3,(H,29,32)(H,35,36)(H,30,31,33)/t23-/m0/s1.